The highest BCUT2D eigenvalue weighted by Crippen LogP contribution is 2.15. The summed E-state index contributed by atoms with van der Waals surface area (Å²) in [6.07, 6.45) is 2.49. The van der Waals surface area contributed by atoms with Crippen molar-refractivity contribution in [1.29, 1.82) is 5.26 Å². The van der Waals surface area contributed by atoms with Gasteiger partial charge in [-0.15, -0.1) is 0 Å². The van der Waals surface area contributed by atoms with Crippen LogP contribution in [0.5, 0.6) is 0 Å². The molecule has 0 aliphatic carbocycles. The van der Waals surface area contributed by atoms with E-state index in [0.29, 0.717) is 19.8 Å². The van der Waals surface area contributed by atoms with E-state index in [9.17, 15) is 4.79 Å². The first-order valence-corrected chi connectivity index (χ1v) is 8.30. The lowest BCUT2D eigenvalue weighted by atomic mass is 10.1. The topological polar surface area (TPSA) is 71.8 Å². The van der Waals surface area contributed by atoms with Crippen LogP contribution in [0.2, 0.25) is 0 Å². The number of esters is 1. The van der Waals surface area contributed by atoms with Crippen molar-refractivity contribution in [2.24, 2.45) is 0 Å². The van der Waals surface area contributed by atoms with E-state index in [-0.39, 0.29) is 18.8 Å². The van der Waals surface area contributed by atoms with Crippen molar-refractivity contribution in [2.75, 3.05) is 52.0 Å². The van der Waals surface area contributed by atoms with E-state index < -0.39 is 5.97 Å². The lowest BCUT2D eigenvalue weighted by molar-refractivity contribution is -0.140. The van der Waals surface area contributed by atoms with Crippen LogP contribution in [0.25, 0.3) is 6.08 Å². The zero-order chi connectivity index (χ0) is 18.5. The summed E-state index contributed by atoms with van der Waals surface area (Å²) in [5.41, 5.74) is 1.77. The molecular weight excluding hydrogens is 320 g/mol. The van der Waals surface area contributed by atoms with Gasteiger partial charge in [-0.2, -0.15) is 5.26 Å². The Labute approximate surface area is 149 Å². The highest BCUT2D eigenvalue weighted by molar-refractivity contribution is 5.97. The Morgan fingerprint density at radius 2 is 1.68 bits per heavy atom. The van der Waals surface area contributed by atoms with Crippen LogP contribution in [0.4, 0.5) is 5.69 Å². The van der Waals surface area contributed by atoms with Crippen molar-refractivity contribution in [3.05, 3.63) is 35.4 Å². The molecule has 6 heteroatoms. The molecule has 0 aliphatic heterocycles. The second-order valence-electron chi connectivity index (χ2n) is 5.52. The maximum atomic E-state index is 11.9. The summed E-state index contributed by atoms with van der Waals surface area (Å²) in [5.74, 6) is -0.648. The van der Waals surface area contributed by atoms with Gasteiger partial charge in [0.15, 0.2) is 0 Å². The van der Waals surface area contributed by atoms with Gasteiger partial charge in [-0.3, -0.25) is 0 Å². The van der Waals surface area contributed by atoms with Gasteiger partial charge in [0, 0.05) is 26.4 Å². The number of carbonyl (C=O) groups is 1. The van der Waals surface area contributed by atoms with E-state index >= 15 is 0 Å². The number of nitrogens with zero attached hydrogens (tertiary/aromatic N) is 2. The number of hydrogen-bond donors (Lipinski definition) is 0. The number of carbonyl (C=O) groups excluding carboxylic acids is 1. The summed E-state index contributed by atoms with van der Waals surface area (Å²) in [4.78, 5) is 13.9. The largest absolute Gasteiger partial charge is 0.459 e. The van der Waals surface area contributed by atoms with E-state index in [1.54, 1.807) is 0 Å². The molecule has 0 heterocycles. The van der Waals surface area contributed by atoms with Crippen molar-refractivity contribution in [1.82, 2.24) is 0 Å². The maximum absolute atomic E-state index is 11.9. The lowest BCUT2D eigenvalue weighted by Gasteiger charge is -2.11. The number of benzene rings is 1. The Morgan fingerprint density at radius 3 is 2.24 bits per heavy atom. The third-order valence-corrected chi connectivity index (χ3v) is 3.24. The summed E-state index contributed by atoms with van der Waals surface area (Å²) in [6, 6.07) is 9.41. The van der Waals surface area contributed by atoms with Crippen LogP contribution in [0, 0.1) is 11.3 Å². The molecule has 0 radical (unpaired) electrons. The number of anilines is 1. The predicted octanol–water partition coefficient (Wildman–Crippen LogP) is 2.65. The molecule has 0 spiro atoms. The molecule has 0 saturated carbocycles. The first-order valence-electron chi connectivity index (χ1n) is 8.30. The normalized spacial score (nSPS) is 11.0. The first-order chi connectivity index (χ1) is 12.1. The Hall–Kier alpha value is -2.36. The summed E-state index contributed by atoms with van der Waals surface area (Å²) in [5, 5.41) is 9.15. The van der Waals surface area contributed by atoms with Crippen molar-refractivity contribution in [3.8, 4) is 6.07 Å². The second-order valence-corrected chi connectivity index (χ2v) is 5.52. The molecule has 0 fully saturated rings. The van der Waals surface area contributed by atoms with Gasteiger partial charge in [0.25, 0.3) is 0 Å². The molecule has 0 unspecified atom stereocenters. The molecule has 1 rings (SSSR count). The summed E-state index contributed by atoms with van der Waals surface area (Å²) in [7, 11) is 3.89. The molecule has 0 aromatic heterocycles. The Morgan fingerprint density at radius 1 is 1.08 bits per heavy atom. The summed E-state index contributed by atoms with van der Waals surface area (Å²) >= 11 is 0. The van der Waals surface area contributed by atoms with Gasteiger partial charge in [0.2, 0.25) is 0 Å². The second kappa shape index (κ2) is 12.1. The van der Waals surface area contributed by atoms with Crippen LogP contribution in [-0.4, -0.2) is 53.1 Å². The predicted molar refractivity (Wildman–Crippen MR) is 97.2 cm³/mol. The first kappa shape index (κ1) is 20.7. The van der Waals surface area contributed by atoms with Gasteiger partial charge >= 0.3 is 5.97 Å². The minimum absolute atomic E-state index is 0.0381. The quantitative estimate of drug-likeness (QED) is 0.265. The summed E-state index contributed by atoms with van der Waals surface area (Å²) < 4.78 is 15.6. The smallest absolute Gasteiger partial charge is 0.348 e. The SMILES string of the molecule is CCCOCCOCCOC(=O)/C(C#N)=C/c1ccc(N(C)C)cc1. The molecule has 1 aromatic rings. The minimum Gasteiger partial charge on any atom is -0.459 e. The monoisotopic (exact) mass is 346 g/mol. The van der Waals surface area contributed by atoms with Gasteiger partial charge in [0.05, 0.1) is 19.8 Å². The van der Waals surface area contributed by atoms with E-state index in [1.807, 2.05) is 56.3 Å². The van der Waals surface area contributed by atoms with Crippen molar-refractivity contribution in [2.45, 2.75) is 13.3 Å². The fourth-order valence-electron chi connectivity index (χ4n) is 1.91. The van der Waals surface area contributed by atoms with E-state index in [1.165, 1.54) is 6.08 Å². The van der Waals surface area contributed by atoms with Crippen LogP contribution >= 0.6 is 0 Å². The fraction of sp³-hybridized carbons (Fsp3) is 0.474. The van der Waals surface area contributed by atoms with Crippen molar-refractivity contribution in [3.63, 3.8) is 0 Å². The van der Waals surface area contributed by atoms with Gasteiger partial charge in [-0.25, -0.2) is 4.79 Å². The molecule has 0 bridgehead atoms. The average molecular weight is 346 g/mol. The van der Waals surface area contributed by atoms with E-state index in [4.69, 9.17) is 19.5 Å². The Balaban J connectivity index is 2.40. The average Bonchev–Trinajstić information content (AvgIpc) is 2.62. The molecular formula is C19H26N2O4. The number of hydrogen-bond acceptors (Lipinski definition) is 6. The van der Waals surface area contributed by atoms with E-state index in [0.717, 1.165) is 17.7 Å². The Bertz CT molecular complexity index is 588. The highest BCUT2D eigenvalue weighted by atomic mass is 16.6. The molecule has 136 valence electrons. The number of nitriles is 1. The minimum atomic E-state index is -0.648. The zero-order valence-corrected chi connectivity index (χ0v) is 15.2. The zero-order valence-electron chi connectivity index (χ0n) is 15.2. The van der Waals surface area contributed by atoms with Crippen LogP contribution in [0.3, 0.4) is 0 Å². The van der Waals surface area contributed by atoms with Gasteiger partial charge < -0.3 is 19.1 Å². The molecule has 1 aromatic carbocycles. The third kappa shape index (κ3) is 8.34. The molecule has 6 nitrogen and oxygen atoms in total. The van der Waals surface area contributed by atoms with Crippen molar-refractivity contribution < 1.29 is 19.0 Å². The van der Waals surface area contributed by atoms with Crippen LogP contribution in [0.1, 0.15) is 18.9 Å². The maximum Gasteiger partial charge on any atom is 0.348 e. The molecule has 0 atom stereocenters. The molecule has 0 amide bonds. The fourth-order valence-corrected chi connectivity index (χ4v) is 1.91. The number of ether oxygens (including phenoxy) is 3. The third-order valence-electron chi connectivity index (χ3n) is 3.24. The molecule has 25 heavy (non-hydrogen) atoms. The number of rotatable bonds is 11. The van der Waals surface area contributed by atoms with Crippen LogP contribution in [0.15, 0.2) is 29.8 Å². The highest BCUT2D eigenvalue weighted by Gasteiger charge is 2.10. The summed E-state index contributed by atoms with van der Waals surface area (Å²) in [6.45, 7) is 4.11. The standard InChI is InChI=1S/C19H26N2O4/c1-4-9-23-10-11-24-12-13-25-19(22)17(15-20)14-16-5-7-18(8-6-16)21(2)3/h5-8,14H,4,9-13H2,1-3H3/b17-14+. The van der Waals surface area contributed by atoms with Crippen LogP contribution in [-0.2, 0) is 19.0 Å². The van der Waals surface area contributed by atoms with E-state index in [2.05, 4.69) is 0 Å². The Kier molecular flexibility index (Phi) is 9.98. The van der Waals surface area contributed by atoms with Crippen LogP contribution < -0.4 is 4.90 Å². The van der Waals surface area contributed by atoms with Gasteiger partial charge in [0.1, 0.15) is 18.2 Å². The van der Waals surface area contributed by atoms with Gasteiger partial charge in [-0.1, -0.05) is 19.1 Å². The molecule has 0 aliphatic rings. The molecule has 0 N–H and O–H groups in total. The van der Waals surface area contributed by atoms with Gasteiger partial charge in [-0.05, 0) is 30.2 Å². The van der Waals surface area contributed by atoms with Crippen molar-refractivity contribution >= 4 is 17.7 Å². The molecule has 0 saturated heterocycles. The lowest BCUT2D eigenvalue weighted by Crippen LogP contribution is -2.14.